The number of piperidine rings is 1. The van der Waals surface area contributed by atoms with Gasteiger partial charge in [0.25, 0.3) is 5.91 Å². The van der Waals surface area contributed by atoms with Gasteiger partial charge in [0.2, 0.25) is 0 Å². The van der Waals surface area contributed by atoms with Crippen molar-refractivity contribution in [3.63, 3.8) is 0 Å². The molecule has 6 heteroatoms. The Morgan fingerprint density at radius 1 is 1.14 bits per heavy atom. The number of fused-ring (bicyclic) bond motifs is 1. The lowest BCUT2D eigenvalue weighted by molar-refractivity contribution is 0.0600. The number of ether oxygens (including phenoxy) is 1. The largest absolute Gasteiger partial charge is 0.465 e. The lowest BCUT2D eigenvalue weighted by Gasteiger charge is -2.30. The summed E-state index contributed by atoms with van der Waals surface area (Å²) in [4.78, 5) is 30.9. The number of carbonyl (C=O) groups is 2. The molecule has 0 N–H and O–H groups in total. The summed E-state index contributed by atoms with van der Waals surface area (Å²) in [5.74, 6) is 0.233. The van der Waals surface area contributed by atoms with Crippen molar-refractivity contribution >= 4 is 22.9 Å². The highest BCUT2D eigenvalue weighted by Gasteiger charge is 2.22. The van der Waals surface area contributed by atoms with E-state index in [1.165, 1.54) is 13.5 Å². The quantitative estimate of drug-likeness (QED) is 0.653. The summed E-state index contributed by atoms with van der Waals surface area (Å²) in [6.07, 6.45) is 5.81. The molecule has 1 saturated heterocycles. The summed E-state index contributed by atoms with van der Waals surface area (Å²) in [6.45, 7) is 3.81. The van der Waals surface area contributed by atoms with Crippen molar-refractivity contribution in [3.8, 4) is 5.69 Å². The third-order valence-electron chi connectivity index (χ3n) is 5.28. The van der Waals surface area contributed by atoms with Crippen LogP contribution in [-0.2, 0) is 4.74 Å². The molecule has 28 heavy (non-hydrogen) atoms. The van der Waals surface area contributed by atoms with E-state index < -0.39 is 0 Å². The molecule has 3 aromatic rings. The van der Waals surface area contributed by atoms with Gasteiger partial charge in [-0.1, -0.05) is 6.92 Å². The van der Waals surface area contributed by atoms with Gasteiger partial charge in [-0.05, 0) is 55.2 Å². The summed E-state index contributed by atoms with van der Waals surface area (Å²) in [5, 5.41) is 0.910. The number of amides is 1. The number of nitrogens with zero attached hydrogens (tertiary/aromatic N) is 3. The van der Waals surface area contributed by atoms with Crippen LogP contribution in [0.4, 0.5) is 0 Å². The number of methoxy groups -OCH3 is 1. The molecular weight excluding hydrogens is 354 g/mol. The molecule has 0 spiro atoms. The Morgan fingerprint density at radius 3 is 2.64 bits per heavy atom. The summed E-state index contributed by atoms with van der Waals surface area (Å²) < 4.78 is 6.67. The van der Waals surface area contributed by atoms with E-state index in [0.29, 0.717) is 17.0 Å². The second kappa shape index (κ2) is 7.46. The molecule has 6 nitrogen and oxygen atoms in total. The van der Waals surface area contributed by atoms with Gasteiger partial charge in [0.05, 0.1) is 18.2 Å². The van der Waals surface area contributed by atoms with E-state index in [1.807, 2.05) is 39.9 Å². The van der Waals surface area contributed by atoms with Gasteiger partial charge in [0, 0.05) is 36.6 Å². The Hall–Kier alpha value is -3.15. The molecule has 0 radical (unpaired) electrons. The second-order valence-corrected chi connectivity index (χ2v) is 7.36. The van der Waals surface area contributed by atoms with Gasteiger partial charge < -0.3 is 14.2 Å². The smallest absolute Gasteiger partial charge is 0.337 e. The Morgan fingerprint density at radius 2 is 1.93 bits per heavy atom. The van der Waals surface area contributed by atoms with Crippen molar-refractivity contribution in [1.29, 1.82) is 0 Å². The van der Waals surface area contributed by atoms with Gasteiger partial charge >= 0.3 is 5.97 Å². The molecular formula is C22H23N3O3. The Bertz CT molecular complexity index is 1020. The zero-order valence-corrected chi connectivity index (χ0v) is 16.1. The minimum absolute atomic E-state index is 0.0520. The Balaban J connectivity index is 1.61. The van der Waals surface area contributed by atoms with Gasteiger partial charge in [-0.15, -0.1) is 0 Å². The summed E-state index contributed by atoms with van der Waals surface area (Å²) in [7, 11) is 1.36. The van der Waals surface area contributed by atoms with Gasteiger partial charge in [-0.3, -0.25) is 4.79 Å². The standard InChI is InChI=1S/C22H23N3O3/c1-15-4-3-10-24(14-15)21(26)18-12-17-9-11-25(20(17)23-13-18)19-7-5-16(6-8-19)22(27)28-2/h5-9,11-13,15H,3-4,10,14H2,1-2H3/t15-/m0/s1. The molecule has 0 aliphatic carbocycles. The van der Waals surface area contributed by atoms with Crippen LogP contribution in [0, 0.1) is 5.92 Å². The van der Waals surface area contributed by atoms with Crippen LogP contribution in [0.1, 0.15) is 40.5 Å². The second-order valence-electron chi connectivity index (χ2n) is 7.36. The van der Waals surface area contributed by atoms with Crippen LogP contribution in [0.3, 0.4) is 0 Å². The van der Waals surface area contributed by atoms with E-state index in [1.54, 1.807) is 18.3 Å². The first-order chi connectivity index (χ1) is 13.6. The highest BCUT2D eigenvalue weighted by Crippen LogP contribution is 2.22. The van der Waals surface area contributed by atoms with Crippen molar-refractivity contribution in [1.82, 2.24) is 14.5 Å². The average Bonchev–Trinajstić information content (AvgIpc) is 3.16. The maximum absolute atomic E-state index is 12.8. The van der Waals surface area contributed by atoms with Gasteiger partial charge in [-0.25, -0.2) is 9.78 Å². The number of hydrogen-bond donors (Lipinski definition) is 0. The topological polar surface area (TPSA) is 64.4 Å². The molecule has 0 unspecified atom stereocenters. The first-order valence-corrected chi connectivity index (χ1v) is 9.52. The Labute approximate surface area is 163 Å². The van der Waals surface area contributed by atoms with E-state index in [0.717, 1.165) is 36.2 Å². The number of esters is 1. The highest BCUT2D eigenvalue weighted by atomic mass is 16.5. The lowest BCUT2D eigenvalue weighted by atomic mass is 9.99. The van der Waals surface area contributed by atoms with Gasteiger partial charge in [0.15, 0.2) is 0 Å². The van der Waals surface area contributed by atoms with Crippen molar-refractivity contribution in [3.05, 3.63) is 59.9 Å². The molecule has 3 heterocycles. The van der Waals surface area contributed by atoms with E-state index in [9.17, 15) is 9.59 Å². The third-order valence-corrected chi connectivity index (χ3v) is 5.28. The van der Waals surface area contributed by atoms with Crippen LogP contribution in [0.15, 0.2) is 48.8 Å². The number of benzene rings is 1. The van der Waals surface area contributed by atoms with Crippen LogP contribution in [0.2, 0.25) is 0 Å². The third kappa shape index (κ3) is 3.38. The minimum Gasteiger partial charge on any atom is -0.465 e. The SMILES string of the molecule is COC(=O)c1ccc(-n2ccc3cc(C(=O)N4CCC[C@H](C)C4)cnc32)cc1. The molecule has 1 amide bonds. The number of carbonyl (C=O) groups excluding carboxylic acids is 2. The van der Waals surface area contributed by atoms with Crippen molar-refractivity contribution in [2.75, 3.05) is 20.2 Å². The van der Waals surface area contributed by atoms with Gasteiger partial charge in [-0.2, -0.15) is 0 Å². The highest BCUT2D eigenvalue weighted by molar-refractivity contribution is 5.97. The van der Waals surface area contributed by atoms with E-state index in [4.69, 9.17) is 4.74 Å². The minimum atomic E-state index is -0.364. The fraction of sp³-hybridized carbons (Fsp3) is 0.318. The van der Waals surface area contributed by atoms with E-state index in [2.05, 4.69) is 11.9 Å². The van der Waals surface area contributed by atoms with Crippen LogP contribution < -0.4 is 0 Å². The number of aromatic nitrogens is 2. The van der Waals surface area contributed by atoms with Crippen LogP contribution in [0.5, 0.6) is 0 Å². The fourth-order valence-corrected chi connectivity index (χ4v) is 3.78. The van der Waals surface area contributed by atoms with Crippen molar-refractivity contribution < 1.29 is 14.3 Å². The predicted octanol–water partition coefficient (Wildman–Crippen LogP) is 3.68. The van der Waals surface area contributed by atoms with E-state index in [-0.39, 0.29) is 11.9 Å². The molecule has 1 fully saturated rings. The summed E-state index contributed by atoms with van der Waals surface area (Å²) in [6, 6.07) is 11.0. The summed E-state index contributed by atoms with van der Waals surface area (Å²) >= 11 is 0. The normalized spacial score (nSPS) is 16.9. The van der Waals surface area contributed by atoms with Crippen LogP contribution in [0.25, 0.3) is 16.7 Å². The molecule has 1 aliphatic heterocycles. The number of rotatable bonds is 3. The summed E-state index contributed by atoms with van der Waals surface area (Å²) in [5.41, 5.74) is 2.79. The fourth-order valence-electron chi connectivity index (χ4n) is 3.78. The van der Waals surface area contributed by atoms with Crippen molar-refractivity contribution in [2.45, 2.75) is 19.8 Å². The zero-order valence-electron chi connectivity index (χ0n) is 16.1. The van der Waals surface area contributed by atoms with Crippen LogP contribution in [-0.4, -0.2) is 46.5 Å². The molecule has 2 aromatic heterocycles. The van der Waals surface area contributed by atoms with Crippen LogP contribution >= 0.6 is 0 Å². The number of pyridine rings is 1. The lowest BCUT2D eigenvalue weighted by Crippen LogP contribution is -2.39. The first kappa shape index (κ1) is 18.2. The number of hydrogen-bond acceptors (Lipinski definition) is 4. The van der Waals surface area contributed by atoms with Crippen molar-refractivity contribution in [2.24, 2.45) is 5.92 Å². The average molecular weight is 377 g/mol. The monoisotopic (exact) mass is 377 g/mol. The maximum atomic E-state index is 12.8. The zero-order chi connectivity index (χ0) is 19.7. The maximum Gasteiger partial charge on any atom is 0.337 e. The molecule has 1 aromatic carbocycles. The molecule has 0 bridgehead atoms. The molecule has 1 atom stereocenters. The predicted molar refractivity (Wildman–Crippen MR) is 107 cm³/mol. The van der Waals surface area contributed by atoms with E-state index >= 15 is 0 Å². The molecule has 4 rings (SSSR count). The Kier molecular flexibility index (Phi) is 4.86. The van der Waals surface area contributed by atoms with Gasteiger partial charge in [0.1, 0.15) is 5.65 Å². The molecule has 1 aliphatic rings. The first-order valence-electron chi connectivity index (χ1n) is 9.52. The molecule has 0 saturated carbocycles. The number of likely N-dealkylation sites (tertiary alicyclic amines) is 1. The molecule has 144 valence electrons.